The zero-order valence-corrected chi connectivity index (χ0v) is 10.0. The van der Waals surface area contributed by atoms with E-state index < -0.39 is 35.5 Å². The van der Waals surface area contributed by atoms with Crippen LogP contribution in [0.3, 0.4) is 0 Å². The smallest absolute Gasteiger partial charge is 0.419 e. The standard InChI is InChI=1S/C12H9F3N2O3/c13-12(14,15)7-3-6(5-1-2-5)4-17-9(7)16-8(10(17)18)11(19)20/h3-5,8H,1-2H2,(H,19,20). The zero-order chi connectivity index (χ0) is 14.7. The van der Waals surface area contributed by atoms with E-state index in [1.54, 1.807) is 0 Å². The Balaban J connectivity index is 2.07. The van der Waals surface area contributed by atoms with E-state index in [1.807, 2.05) is 0 Å². The Labute approximate surface area is 111 Å². The van der Waals surface area contributed by atoms with Crippen LogP contribution in [-0.2, 0) is 9.59 Å². The number of carbonyl (C=O) groups is 2. The van der Waals surface area contributed by atoms with Crippen molar-refractivity contribution in [3.8, 4) is 0 Å². The summed E-state index contributed by atoms with van der Waals surface area (Å²) in [5.41, 5.74) is -0.658. The van der Waals surface area contributed by atoms with Crippen molar-refractivity contribution in [1.29, 1.82) is 0 Å². The molecule has 20 heavy (non-hydrogen) atoms. The van der Waals surface area contributed by atoms with Crippen molar-refractivity contribution < 1.29 is 27.9 Å². The fourth-order valence-corrected chi connectivity index (χ4v) is 2.23. The number of fused-ring (bicyclic) bond motifs is 1. The van der Waals surface area contributed by atoms with Crippen LogP contribution in [0.4, 0.5) is 13.2 Å². The van der Waals surface area contributed by atoms with E-state index in [4.69, 9.17) is 5.11 Å². The number of aliphatic carboxylic acids is 1. The van der Waals surface area contributed by atoms with E-state index >= 15 is 0 Å². The minimum absolute atomic E-state index is 0.00516. The van der Waals surface area contributed by atoms with Gasteiger partial charge in [0.25, 0.3) is 5.91 Å². The number of rotatable bonds is 2. The van der Waals surface area contributed by atoms with Crippen LogP contribution in [0, 0.1) is 5.92 Å². The molecule has 1 atom stereocenters. The fourth-order valence-electron chi connectivity index (χ4n) is 2.23. The summed E-state index contributed by atoms with van der Waals surface area (Å²) in [7, 11) is 0. The molecule has 0 aromatic rings. The summed E-state index contributed by atoms with van der Waals surface area (Å²) in [6, 6.07) is -1.80. The normalized spacial score (nSPS) is 25.9. The maximum atomic E-state index is 13.0. The molecule has 5 nitrogen and oxygen atoms in total. The number of halogens is 3. The zero-order valence-electron chi connectivity index (χ0n) is 10.0. The molecule has 1 aliphatic carbocycles. The number of nitrogens with zero attached hydrogens (tertiary/aromatic N) is 2. The van der Waals surface area contributed by atoms with Crippen LogP contribution >= 0.6 is 0 Å². The molecule has 8 heteroatoms. The lowest BCUT2D eigenvalue weighted by Crippen LogP contribution is -2.38. The number of carboxylic acids is 1. The van der Waals surface area contributed by atoms with Crippen molar-refractivity contribution in [2.75, 3.05) is 0 Å². The number of amides is 1. The number of amidine groups is 1. The summed E-state index contributed by atoms with van der Waals surface area (Å²) in [4.78, 5) is 26.8. The van der Waals surface area contributed by atoms with Crippen LogP contribution in [0.15, 0.2) is 28.4 Å². The number of alkyl halides is 3. The highest BCUT2D eigenvalue weighted by molar-refractivity contribution is 6.21. The first kappa shape index (κ1) is 12.9. The molecule has 3 aliphatic rings. The van der Waals surface area contributed by atoms with Gasteiger partial charge in [0.15, 0.2) is 0 Å². The van der Waals surface area contributed by atoms with Gasteiger partial charge >= 0.3 is 12.1 Å². The Kier molecular flexibility index (Phi) is 2.54. The van der Waals surface area contributed by atoms with Crippen molar-refractivity contribution in [1.82, 2.24) is 4.90 Å². The van der Waals surface area contributed by atoms with Crippen LogP contribution < -0.4 is 0 Å². The van der Waals surface area contributed by atoms with Crippen molar-refractivity contribution >= 4 is 17.7 Å². The Morgan fingerprint density at radius 2 is 2.05 bits per heavy atom. The lowest BCUT2D eigenvalue weighted by Gasteiger charge is -2.24. The number of hydrogen-bond acceptors (Lipinski definition) is 3. The van der Waals surface area contributed by atoms with Gasteiger partial charge in [0.2, 0.25) is 6.04 Å². The minimum Gasteiger partial charge on any atom is -0.479 e. The van der Waals surface area contributed by atoms with Crippen molar-refractivity contribution in [2.24, 2.45) is 10.9 Å². The monoisotopic (exact) mass is 286 g/mol. The third-order valence-electron chi connectivity index (χ3n) is 3.37. The van der Waals surface area contributed by atoms with Crippen LogP contribution in [0.2, 0.25) is 0 Å². The molecule has 0 radical (unpaired) electrons. The van der Waals surface area contributed by atoms with Gasteiger partial charge in [0.05, 0.1) is 5.57 Å². The van der Waals surface area contributed by atoms with Gasteiger partial charge in [-0.2, -0.15) is 13.2 Å². The first-order chi connectivity index (χ1) is 9.29. The van der Waals surface area contributed by atoms with Crippen LogP contribution in [0.1, 0.15) is 12.8 Å². The van der Waals surface area contributed by atoms with Crippen LogP contribution in [0.5, 0.6) is 0 Å². The fraction of sp³-hybridized carbons (Fsp3) is 0.417. The topological polar surface area (TPSA) is 70.0 Å². The van der Waals surface area contributed by atoms with Crippen molar-refractivity contribution in [3.63, 3.8) is 0 Å². The molecule has 1 fully saturated rings. The highest BCUT2D eigenvalue weighted by atomic mass is 19.4. The summed E-state index contributed by atoms with van der Waals surface area (Å²) in [5, 5.41) is 8.83. The number of hydrogen-bond donors (Lipinski definition) is 1. The number of allylic oxidation sites excluding steroid dienone is 2. The van der Waals surface area contributed by atoms with E-state index in [-0.39, 0.29) is 5.92 Å². The second kappa shape index (κ2) is 3.94. The Bertz CT molecular complexity index is 600. The molecule has 0 aromatic carbocycles. The first-order valence-corrected chi connectivity index (χ1v) is 5.93. The second-order valence-electron chi connectivity index (χ2n) is 4.86. The van der Waals surface area contributed by atoms with Gasteiger partial charge in [-0.05, 0) is 30.4 Å². The van der Waals surface area contributed by atoms with Gasteiger partial charge in [-0.15, -0.1) is 0 Å². The van der Waals surface area contributed by atoms with E-state index in [0.717, 1.165) is 23.8 Å². The molecule has 2 aliphatic heterocycles. The first-order valence-electron chi connectivity index (χ1n) is 5.93. The van der Waals surface area contributed by atoms with Gasteiger partial charge in [-0.1, -0.05) is 0 Å². The van der Waals surface area contributed by atoms with Gasteiger partial charge in [-0.25, -0.2) is 9.79 Å². The summed E-state index contributed by atoms with van der Waals surface area (Å²) < 4.78 is 39.1. The van der Waals surface area contributed by atoms with Crippen molar-refractivity contribution in [3.05, 3.63) is 23.4 Å². The number of aliphatic imine (C=N–C) groups is 1. The molecular formula is C12H9F3N2O3. The van der Waals surface area contributed by atoms with Gasteiger partial charge in [-0.3, -0.25) is 9.69 Å². The molecule has 1 amide bonds. The molecule has 1 unspecified atom stereocenters. The quantitative estimate of drug-likeness (QED) is 0.782. The van der Waals surface area contributed by atoms with Crippen LogP contribution in [0.25, 0.3) is 0 Å². The Morgan fingerprint density at radius 1 is 1.40 bits per heavy atom. The summed E-state index contributed by atoms with van der Waals surface area (Å²) in [5.74, 6) is -3.13. The highest BCUT2D eigenvalue weighted by Gasteiger charge is 2.49. The highest BCUT2D eigenvalue weighted by Crippen LogP contribution is 2.43. The van der Waals surface area contributed by atoms with E-state index in [1.165, 1.54) is 6.20 Å². The molecular weight excluding hydrogens is 277 g/mol. The summed E-state index contributed by atoms with van der Waals surface area (Å²) in [6.45, 7) is 0. The number of carboxylic acid groups (broad SMARTS) is 1. The maximum Gasteiger partial charge on any atom is 0.419 e. The van der Waals surface area contributed by atoms with E-state index in [9.17, 15) is 22.8 Å². The molecule has 2 heterocycles. The lowest BCUT2D eigenvalue weighted by atomic mass is 10.0. The van der Waals surface area contributed by atoms with Gasteiger partial charge in [0.1, 0.15) is 5.84 Å². The molecule has 0 spiro atoms. The van der Waals surface area contributed by atoms with Gasteiger partial charge < -0.3 is 5.11 Å². The average molecular weight is 286 g/mol. The lowest BCUT2D eigenvalue weighted by molar-refractivity contribution is -0.143. The summed E-state index contributed by atoms with van der Waals surface area (Å²) >= 11 is 0. The van der Waals surface area contributed by atoms with Crippen LogP contribution in [-0.4, -0.2) is 39.9 Å². The maximum absolute atomic E-state index is 13.0. The van der Waals surface area contributed by atoms with E-state index in [2.05, 4.69) is 4.99 Å². The predicted molar refractivity (Wildman–Crippen MR) is 60.6 cm³/mol. The molecule has 1 N–H and O–H groups in total. The molecule has 3 rings (SSSR count). The summed E-state index contributed by atoms with van der Waals surface area (Å²) in [6.07, 6.45) is -0.907. The third kappa shape index (κ3) is 1.91. The second-order valence-corrected chi connectivity index (χ2v) is 4.86. The number of carbonyl (C=O) groups excluding carboxylic acids is 1. The largest absolute Gasteiger partial charge is 0.479 e. The molecule has 0 aromatic heterocycles. The molecule has 0 bridgehead atoms. The van der Waals surface area contributed by atoms with Gasteiger partial charge in [0, 0.05) is 6.20 Å². The third-order valence-corrected chi connectivity index (χ3v) is 3.37. The molecule has 106 valence electrons. The molecule has 0 saturated heterocycles. The Morgan fingerprint density at radius 3 is 2.55 bits per heavy atom. The minimum atomic E-state index is -4.68. The Hall–Kier alpha value is -2.12. The van der Waals surface area contributed by atoms with E-state index in [0.29, 0.717) is 5.57 Å². The predicted octanol–water partition coefficient (Wildman–Crippen LogP) is 1.48. The average Bonchev–Trinajstić information content (AvgIpc) is 3.12. The SMILES string of the molecule is O=C(O)C1N=C2C(C(F)(F)F)=CC(C3CC3)=CN2C1=O. The van der Waals surface area contributed by atoms with Crippen molar-refractivity contribution in [2.45, 2.75) is 25.1 Å². The molecule has 1 saturated carbocycles.